The van der Waals surface area contributed by atoms with E-state index in [4.69, 9.17) is 17.2 Å². The van der Waals surface area contributed by atoms with Crippen LogP contribution in [0.2, 0.25) is 0 Å². The van der Waals surface area contributed by atoms with E-state index >= 15 is 0 Å². The first-order valence-electron chi connectivity index (χ1n) is 15.2. The lowest BCUT2D eigenvalue weighted by Crippen LogP contribution is -2.61. The van der Waals surface area contributed by atoms with Gasteiger partial charge in [0, 0.05) is 52.9 Å². The third-order valence-corrected chi connectivity index (χ3v) is 10.2. The van der Waals surface area contributed by atoms with Crippen LogP contribution in [0.15, 0.2) is 0 Å². The number of nitrogens with one attached hydrogen (secondary N) is 3. The molecule has 228 valence electrons. The van der Waals surface area contributed by atoms with Crippen molar-refractivity contribution >= 4 is 0 Å². The molecule has 0 saturated carbocycles. The fourth-order valence-electron chi connectivity index (χ4n) is 4.62. The van der Waals surface area contributed by atoms with Crippen LogP contribution in [-0.2, 0) is 38.9 Å². The highest BCUT2D eigenvalue weighted by Gasteiger charge is 2.36. The van der Waals surface area contributed by atoms with Crippen LogP contribution in [0.1, 0.15) is 137 Å². The zero-order valence-electron chi connectivity index (χ0n) is 28.5. The molecule has 0 aromatic heterocycles. The molecule has 0 spiro atoms. The van der Waals surface area contributed by atoms with Gasteiger partial charge in [-0.15, -0.1) is 0 Å². The lowest BCUT2D eigenvalue weighted by molar-refractivity contribution is 0.237. The van der Waals surface area contributed by atoms with Crippen molar-refractivity contribution in [3.05, 3.63) is 33.4 Å². The minimum atomic E-state index is -0.364. The highest BCUT2D eigenvalue weighted by molar-refractivity contribution is 5.53. The first-order chi connectivity index (χ1) is 17.4. The molecule has 0 radical (unpaired) electrons. The molecule has 0 fully saturated rings. The molecular formula is C33H66N6. The fourth-order valence-corrected chi connectivity index (χ4v) is 4.62. The van der Waals surface area contributed by atoms with Crippen molar-refractivity contribution in [3.8, 4) is 0 Å². The van der Waals surface area contributed by atoms with Crippen LogP contribution in [-0.4, -0.2) is 33.2 Å². The van der Waals surface area contributed by atoms with Gasteiger partial charge in [-0.25, -0.2) is 0 Å². The predicted molar refractivity (Wildman–Crippen MR) is 172 cm³/mol. The quantitative estimate of drug-likeness (QED) is 0.180. The molecule has 0 atom stereocenters. The van der Waals surface area contributed by atoms with Crippen molar-refractivity contribution in [1.82, 2.24) is 16.0 Å². The van der Waals surface area contributed by atoms with E-state index < -0.39 is 0 Å². The lowest BCUT2D eigenvalue weighted by Gasteiger charge is -2.42. The molecule has 0 amide bonds. The van der Waals surface area contributed by atoms with Gasteiger partial charge in [-0.3, -0.25) is 0 Å². The van der Waals surface area contributed by atoms with Crippen molar-refractivity contribution in [3.63, 3.8) is 0 Å². The second-order valence-electron chi connectivity index (χ2n) is 15.0. The number of hydrogen-bond acceptors (Lipinski definition) is 6. The van der Waals surface area contributed by atoms with Gasteiger partial charge in [0.2, 0.25) is 0 Å². The number of benzene rings is 1. The molecule has 0 saturated heterocycles. The molecular weight excluding hydrogens is 480 g/mol. The third kappa shape index (κ3) is 8.27. The van der Waals surface area contributed by atoms with Crippen molar-refractivity contribution in [2.45, 2.75) is 176 Å². The summed E-state index contributed by atoms with van der Waals surface area (Å²) in [5.74, 6) is 0. The monoisotopic (exact) mass is 547 g/mol. The van der Waals surface area contributed by atoms with E-state index in [1.807, 2.05) is 0 Å². The van der Waals surface area contributed by atoms with Gasteiger partial charge in [0.25, 0.3) is 0 Å². The van der Waals surface area contributed by atoms with Crippen LogP contribution in [0.25, 0.3) is 0 Å². The first kappa shape index (κ1) is 36.0. The average Bonchev–Trinajstić information content (AvgIpc) is 2.76. The third-order valence-electron chi connectivity index (χ3n) is 10.2. The maximum atomic E-state index is 6.59. The van der Waals surface area contributed by atoms with Gasteiger partial charge < -0.3 is 33.2 Å². The highest BCUT2D eigenvalue weighted by Crippen LogP contribution is 2.33. The Labute approximate surface area is 242 Å². The minimum Gasteiger partial charge on any atom is -0.324 e. The fraction of sp³-hybridized carbons (Fsp3) is 0.818. The molecule has 1 aromatic carbocycles. The summed E-state index contributed by atoms with van der Waals surface area (Å²) in [6.07, 6.45) is 2.92. The molecule has 0 aliphatic rings. The normalized spacial score (nSPS) is 14.3. The van der Waals surface area contributed by atoms with Gasteiger partial charge in [-0.2, -0.15) is 0 Å². The Morgan fingerprint density at radius 1 is 0.385 bits per heavy atom. The summed E-state index contributed by atoms with van der Waals surface area (Å²) in [7, 11) is 0. The van der Waals surface area contributed by atoms with Gasteiger partial charge >= 0.3 is 0 Å². The number of hydrogen-bond donors (Lipinski definition) is 6. The largest absolute Gasteiger partial charge is 0.324 e. The van der Waals surface area contributed by atoms with Crippen LogP contribution in [0.4, 0.5) is 0 Å². The Morgan fingerprint density at radius 2 is 0.564 bits per heavy atom. The summed E-state index contributed by atoms with van der Waals surface area (Å²) in [4.78, 5) is 0. The van der Waals surface area contributed by atoms with Crippen LogP contribution in [0.3, 0.4) is 0 Å². The molecule has 0 aliphatic carbocycles. The summed E-state index contributed by atoms with van der Waals surface area (Å²) >= 11 is 0. The van der Waals surface area contributed by atoms with Gasteiger partial charge in [0.05, 0.1) is 0 Å². The van der Waals surface area contributed by atoms with Crippen LogP contribution >= 0.6 is 0 Å². The second-order valence-corrected chi connectivity index (χ2v) is 15.0. The smallest absolute Gasteiger partial charge is 0.0302 e. The summed E-state index contributed by atoms with van der Waals surface area (Å²) in [6, 6.07) is 0. The van der Waals surface area contributed by atoms with Crippen LogP contribution in [0, 0.1) is 0 Å². The summed E-state index contributed by atoms with van der Waals surface area (Å²) in [5.41, 5.74) is 26.6. The highest BCUT2D eigenvalue weighted by atomic mass is 15.0. The molecule has 0 unspecified atom stereocenters. The number of nitrogens with two attached hydrogens (primary N) is 3. The van der Waals surface area contributed by atoms with E-state index in [1.54, 1.807) is 0 Å². The Bertz CT molecular complexity index is 808. The average molecular weight is 547 g/mol. The lowest BCUT2D eigenvalue weighted by atomic mass is 9.79. The molecule has 0 bridgehead atoms. The van der Waals surface area contributed by atoms with E-state index in [0.717, 1.165) is 38.9 Å². The molecule has 0 aliphatic heterocycles. The van der Waals surface area contributed by atoms with Crippen LogP contribution in [0.5, 0.6) is 0 Å². The van der Waals surface area contributed by atoms with E-state index in [2.05, 4.69) is 120 Å². The van der Waals surface area contributed by atoms with E-state index in [9.17, 15) is 0 Å². The standard InChI is InChI=1S/C33H66N6/c1-16-22-25(19-37-31(10,11)28(4,5)34)23(17-2)27(21-39-33(14,15)30(8,9)36)24(18-3)26(22)20-38-32(12,13)29(6,7)35/h37-39H,16-21,34-36H2,1-15H3. The van der Waals surface area contributed by atoms with E-state index in [1.165, 1.54) is 33.4 Å². The van der Waals surface area contributed by atoms with E-state index in [-0.39, 0.29) is 33.2 Å². The topological polar surface area (TPSA) is 114 Å². The van der Waals surface area contributed by atoms with Crippen LogP contribution < -0.4 is 33.2 Å². The molecule has 1 rings (SSSR count). The maximum absolute atomic E-state index is 6.59. The van der Waals surface area contributed by atoms with Gasteiger partial charge in [0.15, 0.2) is 0 Å². The van der Waals surface area contributed by atoms with Gasteiger partial charge in [-0.1, -0.05) is 20.8 Å². The summed E-state index contributed by atoms with van der Waals surface area (Å²) in [5, 5.41) is 11.5. The second kappa shape index (κ2) is 12.5. The molecule has 6 heteroatoms. The van der Waals surface area contributed by atoms with Crippen molar-refractivity contribution < 1.29 is 0 Å². The van der Waals surface area contributed by atoms with Gasteiger partial charge in [0.1, 0.15) is 0 Å². The first-order valence-corrected chi connectivity index (χ1v) is 15.2. The minimum absolute atomic E-state index is 0.236. The van der Waals surface area contributed by atoms with E-state index in [0.29, 0.717) is 0 Å². The zero-order chi connectivity index (χ0) is 30.8. The van der Waals surface area contributed by atoms with Gasteiger partial charge in [-0.05, 0) is 136 Å². The molecule has 9 N–H and O–H groups in total. The predicted octanol–water partition coefficient (Wildman–Crippen LogP) is 5.19. The summed E-state index contributed by atoms with van der Waals surface area (Å²) < 4.78 is 0. The Balaban J connectivity index is 3.87. The Kier molecular flexibility index (Phi) is 11.5. The molecule has 0 heterocycles. The zero-order valence-corrected chi connectivity index (χ0v) is 28.5. The maximum Gasteiger partial charge on any atom is 0.0302 e. The van der Waals surface area contributed by atoms with Crippen molar-refractivity contribution in [2.24, 2.45) is 17.2 Å². The van der Waals surface area contributed by atoms with Crippen molar-refractivity contribution in [2.75, 3.05) is 0 Å². The molecule has 6 nitrogen and oxygen atoms in total. The van der Waals surface area contributed by atoms with Crippen molar-refractivity contribution in [1.29, 1.82) is 0 Å². The molecule has 39 heavy (non-hydrogen) atoms. The Hall–Kier alpha value is -1.02. The molecule has 1 aromatic rings. The number of rotatable bonds is 15. The Morgan fingerprint density at radius 3 is 0.692 bits per heavy atom. The summed E-state index contributed by atoms with van der Waals surface area (Å²) in [6.45, 7) is 35.0. The SMILES string of the molecule is CCc1c(CNC(C)(C)C(C)(C)N)c(CC)c(CNC(C)(C)C(C)(C)N)c(CC)c1CNC(C)(C)C(C)(C)N.